The molecule has 2 heterocycles. The van der Waals surface area contributed by atoms with Crippen molar-refractivity contribution in [2.45, 2.75) is 35.6 Å². The summed E-state index contributed by atoms with van der Waals surface area (Å²) in [5, 5.41) is 1.93. The molecule has 0 saturated carbocycles. The summed E-state index contributed by atoms with van der Waals surface area (Å²) >= 11 is 2.99. The van der Waals surface area contributed by atoms with Crippen LogP contribution in [0, 0.1) is 0 Å². The van der Waals surface area contributed by atoms with E-state index < -0.39 is 10.0 Å². The lowest BCUT2D eigenvalue weighted by atomic mass is 10.1. The maximum atomic E-state index is 13.0. The van der Waals surface area contributed by atoms with Gasteiger partial charge in [-0.25, -0.2) is 8.42 Å². The highest BCUT2D eigenvalue weighted by molar-refractivity contribution is 7.98. The molecule has 1 aliphatic heterocycles. The van der Waals surface area contributed by atoms with Gasteiger partial charge in [0, 0.05) is 36.5 Å². The van der Waals surface area contributed by atoms with Gasteiger partial charge in [0.05, 0.1) is 10.5 Å². The molecule has 5 nitrogen and oxygen atoms in total. The van der Waals surface area contributed by atoms with Crippen molar-refractivity contribution in [3.63, 3.8) is 0 Å². The Labute approximate surface area is 169 Å². The van der Waals surface area contributed by atoms with Crippen molar-refractivity contribution in [1.29, 1.82) is 0 Å². The fraction of sp³-hybridized carbons (Fsp3) is 0.421. The van der Waals surface area contributed by atoms with Crippen LogP contribution in [-0.4, -0.2) is 49.9 Å². The minimum atomic E-state index is -3.67. The van der Waals surface area contributed by atoms with Crippen LogP contribution in [0.4, 0.5) is 0 Å². The van der Waals surface area contributed by atoms with Gasteiger partial charge in [0.25, 0.3) is 5.91 Å². The Bertz CT molecular complexity index is 889. The van der Waals surface area contributed by atoms with E-state index in [1.807, 2.05) is 28.7 Å². The monoisotopic (exact) mass is 424 g/mol. The fourth-order valence-electron chi connectivity index (χ4n) is 3.17. The van der Waals surface area contributed by atoms with Gasteiger partial charge in [-0.1, -0.05) is 6.07 Å². The van der Waals surface area contributed by atoms with E-state index in [-0.39, 0.29) is 10.8 Å². The highest BCUT2D eigenvalue weighted by atomic mass is 32.2. The van der Waals surface area contributed by atoms with Gasteiger partial charge < -0.3 is 4.90 Å². The summed E-state index contributed by atoms with van der Waals surface area (Å²) in [5.41, 5.74) is 0.481. The van der Waals surface area contributed by atoms with E-state index >= 15 is 0 Å². The third-order valence-corrected chi connectivity index (χ3v) is 8.17. The lowest BCUT2D eigenvalue weighted by Gasteiger charge is -2.27. The Morgan fingerprint density at radius 1 is 1.22 bits per heavy atom. The Morgan fingerprint density at radius 3 is 2.59 bits per heavy atom. The normalized spacial score (nSPS) is 15.3. The summed E-state index contributed by atoms with van der Waals surface area (Å²) in [5.74, 6) is -0.0722. The summed E-state index contributed by atoms with van der Waals surface area (Å²) in [6, 6.07) is 8.71. The first-order valence-electron chi connectivity index (χ1n) is 8.89. The molecule has 3 rings (SSSR count). The maximum Gasteiger partial charge on any atom is 0.255 e. The molecule has 8 heteroatoms. The molecule has 1 aliphatic rings. The number of thioether (sulfide) groups is 1. The summed E-state index contributed by atoms with van der Waals surface area (Å²) < 4.78 is 27.4. The first-order valence-corrected chi connectivity index (χ1v) is 12.4. The predicted octanol–water partition coefficient (Wildman–Crippen LogP) is 3.92. The van der Waals surface area contributed by atoms with Crippen molar-refractivity contribution in [3.8, 4) is 0 Å². The quantitative estimate of drug-likeness (QED) is 0.660. The number of nitrogens with zero attached hydrogens (tertiary/aromatic N) is 2. The average molecular weight is 425 g/mol. The predicted molar refractivity (Wildman–Crippen MR) is 111 cm³/mol. The van der Waals surface area contributed by atoms with E-state index in [1.165, 1.54) is 27.4 Å². The largest absolute Gasteiger partial charge is 0.339 e. The van der Waals surface area contributed by atoms with Crippen LogP contribution in [0.15, 0.2) is 45.5 Å². The van der Waals surface area contributed by atoms with E-state index in [9.17, 15) is 13.2 Å². The third kappa shape index (κ3) is 4.56. The first-order chi connectivity index (χ1) is 12.9. The van der Waals surface area contributed by atoms with Crippen LogP contribution in [-0.2, 0) is 16.6 Å². The highest BCUT2D eigenvalue weighted by Crippen LogP contribution is 2.28. The topological polar surface area (TPSA) is 57.7 Å². The Balaban J connectivity index is 1.90. The molecule has 27 heavy (non-hydrogen) atoms. The first kappa shape index (κ1) is 20.4. The summed E-state index contributed by atoms with van der Waals surface area (Å²) in [6.45, 7) is 1.80. The van der Waals surface area contributed by atoms with Gasteiger partial charge in [0.1, 0.15) is 0 Å². The highest BCUT2D eigenvalue weighted by Gasteiger charge is 2.26. The molecule has 146 valence electrons. The number of carbonyl (C=O) groups excluding carboxylic acids is 1. The molecular formula is C19H24N2O3S3. The van der Waals surface area contributed by atoms with Crippen LogP contribution >= 0.6 is 23.1 Å². The van der Waals surface area contributed by atoms with Crippen LogP contribution in [0.3, 0.4) is 0 Å². The molecule has 1 aromatic heterocycles. The molecule has 0 atom stereocenters. The van der Waals surface area contributed by atoms with Gasteiger partial charge in [-0.05, 0) is 55.2 Å². The number of thiophene rings is 1. The van der Waals surface area contributed by atoms with Gasteiger partial charge in [-0.2, -0.15) is 4.31 Å². The Morgan fingerprint density at radius 2 is 1.96 bits per heavy atom. The van der Waals surface area contributed by atoms with Crippen LogP contribution in [0.1, 0.15) is 34.5 Å². The lowest BCUT2D eigenvalue weighted by Crippen LogP contribution is -2.36. The molecule has 2 aromatic rings. The molecule has 1 fully saturated rings. The SMILES string of the molecule is CSc1ccc(S(=O)(=O)N(C)Cc2cccs2)cc1C(=O)N1CCCCC1. The van der Waals surface area contributed by atoms with E-state index in [0.717, 1.165) is 42.1 Å². The number of amides is 1. The van der Waals surface area contributed by atoms with Crippen molar-refractivity contribution in [1.82, 2.24) is 9.21 Å². The van der Waals surface area contributed by atoms with Gasteiger partial charge in [-0.15, -0.1) is 23.1 Å². The van der Waals surface area contributed by atoms with Crippen molar-refractivity contribution in [2.24, 2.45) is 0 Å². The third-order valence-electron chi connectivity index (χ3n) is 4.71. The summed E-state index contributed by atoms with van der Waals surface area (Å²) in [7, 11) is -2.09. The second-order valence-electron chi connectivity index (χ2n) is 6.56. The zero-order chi connectivity index (χ0) is 19.4. The summed E-state index contributed by atoms with van der Waals surface area (Å²) in [6.07, 6.45) is 5.05. The number of carbonyl (C=O) groups is 1. The molecule has 1 aromatic carbocycles. The number of hydrogen-bond donors (Lipinski definition) is 0. The molecule has 1 amide bonds. The Hall–Kier alpha value is -1.35. The number of piperidine rings is 1. The molecule has 0 unspecified atom stereocenters. The molecule has 0 aliphatic carbocycles. The number of benzene rings is 1. The van der Waals surface area contributed by atoms with Crippen molar-refractivity contribution in [2.75, 3.05) is 26.4 Å². The lowest BCUT2D eigenvalue weighted by molar-refractivity contribution is 0.0720. The van der Waals surface area contributed by atoms with Crippen LogP contribution < -0.4 is 0 Å². The number of sulfonamides is 1. The maximum absolute atomic E-state index is 13.0. The van der Waals surface area contributed by atoms with E-state index in [2.05, 4.69) is 0 Å². The standard InChI is InChI=1S/C19H24N2O3S3/c1-20(14-15-7-6-12-26-15)27(23,24)16-8-9-18(25-2)17(13-16)19(22)21-10-4-3-5-11-21/h6-9,12-13H,3-5,10-11,14H2,1-2H3. The van der Waals surface area contributed by atoms with E-state index in [4.69, 9.17) is 0 Å². The molecule has 0 spiro atoms. The average Bonchev–Trinajstić information content (AvgIpc) is 3.20. The zero-order valence-corrected chi connectivity index (χ0v) is 18.0. The molecule has 0 N–H and O–H groups in total. The van der Waals surface area contributed by atoms with Gasteiger partial charge in [-0.3, -0.25) is 4.79 Å². The van der Waals surface area contributed by atoms with Gasteiger partial charge in [0.15, 0.2) is 0 Å². The molecular weight excluding hydrogens is 400 g/mol. The second-order valence-corrected chi connectivity index (χ2v) is 10.5. The fourth-order valence-corrected chi connectivity index (χ4v) is 5.75. The molecule has 0 radical (unpaired) electrons. The second kappa shape index (κ2) is 8.77. The minimum absolute atomic E-state index is 0.0722. The van der Waals surface area contributed by atoms with Crippen LogP contribution in [0.2, 0.25) is 0 Å². The zero-order valence-electron chi connectivity index (χ0n) is 15.6. The minimum Gasteiger partial charge on any atom is -0.339 e. The van der Waals surface area contributed by atoms with Crippen molar-refractivity contribution < 1.29 is 13.2 Å². The smallest absolute Gasteiger partial charge is 0.255 e. The summed E-state index contributed by atoms with van der Waals surface area (Å²) in [4.78, 5) is 16.8. The van der Waals surface area contributed by atoms with Crippen molar-refractivity contribution in [3.05, 3.63) is 46.2 Å². The number of rotatable bonds is 6. The number of likely N-dealkylation sites (tertiary alicyclic amines) is 1. The van der Waals surface area contributed by atoms with Gasteiger partial charge in [0.2, 0.25) is 10.0 Å². The van der Waals surface area contributed by atoms with Crippen LogP contribution in [0.25, 0.3) is 0 Å². The van der Waals surface area contributed by atoms with Gasteiger partial charge >= 0.3 is 0 Å². The Kier molecular flexibility index (Phi) is 6.62. The van der Waals surface area contributed by atoms with Crippen molar-refractivity contribution >= 4 is 39.0 Å². The number of hydrogen-bond acceptors (Lipinski definition) is 5. The molecule has 1 saturated heterocycles. The van der Waals surface area contributed by atoms with E-state index in [1.54, 1.807) is 25.2 Å². The molecule has 0 bridgehead atoms. The van der Waals surface area contributed by atoms with Crippen LogP contribution in [0.5, 0.6) is 0 Å². The van der Waals surface area contributed by atoms with E-state index in [0.29, 0.717) is 12.1 Å².